The quantitative estimate of drug-likeness (QED) is 0.754. The first-order chi connectivity index (χ1) is 13.6. The fraction of sp³-hybridized carbons (Fsp3) is 0.273. The zero-order valence-electron chi connectivity index (χ0n) is 15.9. The minimum absolute atomic E-state index is 0.0673. The Bertz CT molecular complexity index is 1090. The Labute approximate surface area is 162 Å². The van der Waals surface area contributed by atoms with Crippen LogP contribution in [0.15, 0.2) is 53.3 Å². The van der Waals surface area contributed by atoms with Crippen molar-refractivity contribution < 1.29 is 14.3 Å². The van der Waals surface area contributed by atoms with E-state index in [4.69, 9.17) is 9.47 Å². The molecule has 4 rings (SSSR count). The van der Waals surface area contributed by atoms with Crippen LogP contribution in [0.3, 0.4) is 0 Å². The van der Waals surface area contributed by atoms with Crippen molar-refractivity contribution in [1.82, 2.24) is 9.88 Å². The third-order valence-corrected chi connectivity index (χ3v) is 5.29. The highest BCUT2D eigenvalue weighted by atomic mass is 16.5. The summed E-state index contributed by atoms with van der Waals surface area (Å²) in [6.45, 7) is 0.646. The molecule has 2 aromatic carbocycles. The van der Waals surface area contributed by atoms with E-state index in [0.29, 0.717) is 29.1 Å². The van der Waals surface area contributed by atoms with Crippen LogP contribution < -0.4 is 15.0 Å². The van der Waals surface area contributed by atoms with Gasteiger partial charge in [0, 0.05) is 11.9 Å². The molecule has 6 heteroatoms. The second-order valence-corrected chi connectivity index (χ2v) is 6.87. The number of pyridine rings is 1. The second kappa shape index (κ2) is 7.38. The van der Waals surface area contributed by atoms with E-state index < -0.39 is 0 Å². The summed E-state index contributed by atoms with van der Waals surface area (Å²) in [5.41, 5.74) is 1.06. The van der Waals surface area contributed by atoms with Crippen LogP contribution in [0.1, 0.15) is 34.9 Å². The smallest absolute Gasteiger partial charge is 0.270 e. The van der Waals surface area contributed by atoms with Crippen molar-refractivity contribution in [2.45, 2.75) is 18.9 Å². The maximum absolute atomic E-state index is 13.2. The molecule has 2 heterocycles. The molecule has 1 unspecified atom stereocenters. The maximum atomic E-state index is 13.2. The van der Waals surface area contributed by atoms with Gasteiger partial charge in [0.05, 0.1) is 20.3 Å². The van der Waals surface area contributed by atoms with Crippen molar-refractivity contribution in [1.29, 1.82) is 0 Å². The third-order valence-electron chi connectivity index (χ3n) is 5.29. The van der Waals surface area contributed by atoms with E-state index in [1.54, 1.807) is 26.4 Å². The number of rotatable bonds is 4. The predicted molar refractivity (Wildman–Crippen MR) is 107 cm³/mol. The van der Waals surface area contributed by atoms with E-state index in [1.165, 1.54) is 0 Å². The summed E-state index contributed by atoms with van der Waals surface area (Å²) in [5, 5.41) is 1.34. The predicted octanol–water partition coefficient (Wildman–Crippen LogP) is 3.52. The van der Waals surface area contributed by atoms with Crippen molar-refractivity contribution in [3.8, 4) is 11.5 Å². The largest absolute Gasteiger partial charge is 0.493 e. The third kappa shape index (κ3) is 3.11. The average Bonchev–Trinajstić information content (AvgIpc) is 3.22. The monoisotopic (exact) mass is 378 g/mol. The number of amides is 1. The summed E-state index contributed by atoms with van der Waals surface area (Å²) in [6, 6.07) is 14.7. The highest BCUT2D eigenvalue weighted by Crippen LogP contribution is 2.37. The number of aromatic amines is 1. The zero-order valence-corrected chi connectivity index (χ0v) is 15.9. The summed E-state index contributed by atoms with van der Waals surface area (Å²) in [4.78, 5) is 30.1. The lowest BCUT2D eigenvalue weighted by molar-refractivity contribution is 0.0729. The van der Waals surface area contributed by atoms with Crippen LogP contribution in [0.25, 0.3) is 10.8 Å². The van der Waals surface area contributed by atoms with Gasteiger partial charge in [-0.15, -0.1) is 0 Å². The molecule has 1 amide bonds. The van der Waals surface area contributed by atoms with Gasteiger partial charge in [0.2, 0.25) is 0 Å². The number of methoxy groups -OCH3 is 2. The Morgan fingerprint density at radius 2 is 1.86 bits per heavy atom. The van der Waals surface area contributed by atoms with Crippen LogP contribution >= 0.6 is 0 Å². The van der Waals surface area contributed by atoms with Gasteiger partial charge in [0.1, 0.15) is 5.69 Å². The van der Waals surface area contributed by atoms with Gasteiger partial charge in [0.15, 0.2) is 11.5 Å². The number of nitrogens with zero attached hydrogens (tertiary/aromatic N) is 1. The number of hydrogen-bond donors (Lipinski definition) is 1. The Morgan fingerprint density at radius 1 is 1.07 bits per heavy atom. The molecule has 1 N–H and O–H groups in total. The molecule has 28 heavy (non-hydrogen) atoms. The molecule has 3 aromatic rings. The molecule has 1 aliphatic rings. The van der Waals surface area contributed by atoms with Crippen molar-refractivity contribution >= 4 is 16.7 Å². The molecule has 0 bridgehead atoms. The summed E-state index contributed by atoms with van der Waals surface area (Å²) < 4.78 is 10.7. The maximum Gasteiger partial charge on any atom is 0.270 e. The average molecular weight is 378 g/mol. The molecule has 6 nitrogen and oxygen atoms in total. The molecule has 0 radical (unpaired) electrons. The lowest BCUT2D eigenvalue weighted by atomic mass is 10.0. The lowest BCUT2D eigenvalue weighted by Gasteiger charge is -2.25. The minimum Gasteiger partial charge on any atom is -0.493 e. The van der Waals surface area contributed by atoms with Gasteiger partial charge >= 0.3 is 0 Å². The Morgan fingerprint density at radius 3 is 2.64 bits per heavy atom. The van der Waals surface area contributed by atoms with Gasteiger partial charge < -0.3 is 19.4 Å². The molecule has 1 fully saturated rings. The fourth-order valence-corrected chi connectivity index (χ4v) is 3.90. The highest BCUT2D eigenvalue weighted by Gasteiger charge is 2.31. The fourth-order valence-electron chi connectivity index (χ4n) is 3.90. The van der Waals surface area contributed by atoms with E-state index in [0.717, 1.165) is 23.8 Å². The van der Waals surface area contributed by atoms with Gasteiger partial charge in [-0.25, -0.2) is 0 Å². The molecular weight excluding hydrogens is 356 g/mol. The molecule has 1 saturated heterocycles. The minimum atomic E-state index is -0.247. The Kier molecular flexibility index (Phi) is 4.77. The number of benzene rings is 2. The van der Waals surface area contributed by atoms with E-state index >= 15 is 0 Å². The molecule has 1 atom stereocenters. The topological polar surface area (TPSA) is 71.6 Å². The van der Waals surface area contributed by atoms with E-state index in [2.05, 4.69) is 4.98 Å². The number of aromatic nitrogens is 1. The highest BCUT2D eigenvalue weighted by molar-refractivity contribution is 5.96. The van der Waals surface area contributed by atoms with Crippen LogP contribution in [0, 0.1) is 0 Å². The van der Waals surface area contributed by atoms with E-state index in [-0.39, 0.29) is 17.5 Å². The van der Waals surface area contributed by atoms with Gasteiger partial charge in [-0.05, 0) is 48.1 Å². The van der Waals surface area contributed by atoms with Gasteiger partial charge in [-0.3, -0.25) is 9.59 Å². The van der Waals surface area contributed by atoms with E-state index in [9.17, 15) is 9.59 Å². The first kappa shape index (κ1) is 18.1. The molecule has 0 saturated carbocycles. The van der Waals surface area contributed by atoms with E-state index in [1.807, 2.05) is 41.3 Å². The van der Waals surface area contributed by atoms with Gasteiger partial charge in [0.25, 0.3) is 11.5 Å². The number of ether oxygens (including phenoxy) is 2. The molecule has 1 aromatic heterocycles. The second-order valence-electron chi connectivity index (χ2n) is 6.87. The molecule has 1 aliphatic heterocycles. The van der Waals surface area contributed by atoms with Crippen LogP contribution in [-0.2, 0) is 0 Å². The number of carbonyl (C=O) groups is 1. The van der Waals surface area contributed by atoms with Crippen LogP contribution in [0.4, 0.5) is 0 Å². The van der Waals surface area contributed by atoms with Crippen molar-refractivity contribution in [2.75, 3.05) is 20.8 Å². The van der Waals surface area contributed by atoms with Gasteiger partial charge in [-0.2, -0.15) is 0 Å². The van der Waals surface area contributed by atoms with Gasteiger partial charge in [-0.1, -0.05) is 24.3 Å². The Hall–Kier alpha value is -3.28. The number of carbonyl (C=O) groups excluding carboxylic acids is 1. The molecular formula is C22H22N2O4. The number of H-pyrrole nitrogens is 1. The summed E-state index contributed by atoms with van der Waals surface area (Å²) in [5.74, 6) is 1.12. The lowest BCUT2D eigenvalue weighted by Crippen LogP contribution is -2.32. The molecule has 0 aliphatic carbocycles. The molecule has 0 spiro atoms. The van der Waals surface area contributed by atoms with Crippen LogP contribution in [0.2, 0.25) is 0 Å². The first-order valence-corrected chi connectivity index (χ1v) is 9.27. The van der Waals surface area contributed by atoms with Crippen molar-refractivity contribution in [3.05, 3.63) is 70.1 Å². The van der Waals surface area contributed by atoms with Crippen molar-refractivity contribution in [3.63, 3.8) is 0 Å². The SMILES string of the molecule is COc1ccc(C2CCCN2C(=O)c2cc3ccccc3c(=O)[nH]2)cc1OC. The Balaban J connectivity index is 1.69. The summed E-state index contributed by atoms with van der Waals surface area (Å²) in [6.07, 6.45) is 1.77. The number of likely N-dealkylation sites (tertiary alicyclic amines) is 1. The summed E-state index contributed by atoms with van der Waals surface area (Å²) in [7, 11) is 3.19. The van der Waals surface area contributed by atoms with Crippen molar-refractivity contribution in [2.24, 2.45) is 0 Å². The summed E-state index contributed by atoms with van der Waals surface area (Å²) >= 11 is 0. The standard InChI is InChI=1S/C22H22N2O4/c1-27-19-10-9-15(13-20(19)28-2)18-8-5-11-24(18)22(26)17-12-14-6-3-4-7-16(14)21(25)23-17/h3-4,6-7,9-10,12-13,18H,5,8,11H2,1-2H3,(H,23,25). The zero-order chi connectivity index (χ0) is 19.7. The number of nitrogens with one attached hydrogen (secondary N) is 1. The normalized spacial score (nSPS) is 16.4. The number of fused-ring (bicyclic) bond motifs is 1. The first-order valence-electron chi connectivity index (χ1n) is 9.27. The molecule has 144 valence electrons. The van der Waals surface area contributed by atoms with Crippen LogP contribution in [0.5, 0.6) is 11.5 Å². The number of hydrogen-bond acceptors (Lipinski definition) is 4. The van der Waals surface area contributed by atoms with Crippen LogP contribution in [-0.4, -0.2) is 36.6 Å².